The van der Waals surface area contributed by atoms with Gasteiger partial charge >= 0.3 is 0 Å². The Morgan fingerprint density at radius 2 is 2.14 bits per heavy atom. The predicted octanol–water partition coefficient (Wildman–Crippen LogP) is 3.07. The van der Waals surface area contributed by atoms with Crippen molar-refractivity contribution in [2.24, 2.45) is 0 Å². The molecule has 2 aromatic rings. The van der Waals surface area contributed by atoms with Crippen molar-refractivity contribution in [2.45, 2.75) is 11.5 Å². The van der Waals surface area contributed by atoms with Gasteiger partial charge in [0.25, 0.3) is 0 Å². The standard InChI is InChI=1S/C13H15S/c1-14(10-12-6-2-3-7-12)11-13-8-4-5-9-13/h2-9H,10-11H2,1H3/q-1. The zero-order valence-corrected chi connectivity index (χ0v) is 9.26. The van der Waals surface area contributed by atoms with Crippen LogP contribution >= 0.6 is 0 Å². The molecular weight excluding hydrogens is 188 g/mol. The first-order valence-electron chi connectivity index (χ1n) is 4.85. The third-order valence-corrected chi connectivity index (χ3v) is 3.94. The van der Waals surface area contributed by atoms with Crippen LogP contribution in [0.4, 0.5) is 0 Å². The van der Waals surface area contributed by atoms with Gasteiger partial charge in [0.15, 0.2) is 0 Å². The molecule has 0 N–H and O–H groups in total. The quantitative estimate of drug-likeness (QED) is 0.529. The Labute approximate surface area is 88.7 Å². The van der Waals surface area contributed by atoms with Gasteiger partial charge in [0.2, 0.25) is 0 Å². The van der Waals surface area contributed by atoms with E-state index < -0.39 is 0 Å². The molecule has 0 amide bonds. The molecule has 0 fully saturated rings. The lowest BCUT2D eigenvalue weighted by molar-refractivity contribution is 1.38. The van der Waals surface area contributed by atoms with Crippen LogP contribution in [0.5, 0.6) is 0 Å². The molecule has 0 heterocycles. The first-order valence-corrected chi connectivity index (χ1v) is 6.82. The minimum Gasteiger partial charge on any atom is -0.213 e. The first kappa shape index (κ1) is 9.60. The molecule has 2 aromatic carbocycles. The number of hydrogen-bond donors (Lipinski definition) is 0. The maximum absolute atomic E-state index is 2.35. The Morgan fingerprint density at radius 1 is 1.21 bits per heavy atom. The third kappa shape index (κ3) is 2.52. The average Bonchev–Trinajstić information content (AvgIpc) is 2.76. The molecule has 0 saturated carbocycles. The van der Waals surface area contributed by atoms with Crippen molar-refractivity contribution in [3.05, 3.63) is 59.7 Å². The van der Waals surface area contributed by atoms with Crippen LogP contribution in [0.2, 0.25) is 0 Å². The van der Waals surface area contributed by atoms with Gasteiger partial charge in [0.05, 0.1) is 12.0 Å². The van der Waals surface area contributed by atoms with Crippen LogP contribution in [-0.4, -0.2) is 6.26 Å². The summed E-state index contributed by atoms with van der Waals surface area (Å²) in [5, 5.41) is 0. The fourth-order valence-electron chi connectivity index (χ4n) is 1.64. The zero-order chi connectivity index (χ0) is 9.80. The highest BCUT2D eigenvalue weighted by molar-refractivity contribution is 7.94. The van der Waals surface area contributed by atoms with Gasteiger partial charge in [0, 0.05) is 0 Å². The van der Waals surface area contributed by atoms with Gasteiger partial charge in [0.1, 0.15) is 5.75 Å². The van der Waals surface area contributed by atoms with Crippen LogP contribution in [0.1, 0.15) is 11.1 Å². The number of hydrogen-bond acceptors (Lipinski definition) is 0. The first-order chi connectivity index (χ1) is 6.84. The Balaban J connectivity index is 1.88. The molecule has 0 aliphatic heterocycles. The highest BCUT2D eigenvalue weighted by Crippen LogP contribution is 2.13. The Kier molecular flexibility index (Phi) is 3.10. The van der Waals surface area contributed by atoms with E-state index in [9.17, 15) is 0 Å². The van der Waals surface area contributed by atoms with E-state index in [1.807, 2.05) is 0 Å². The van der Waals surface area contributed by atoms with Gasteiger partial charge < -0.3 is 0 Å². The van der Waals surface area contributed by atoms with Crippen LogP contribution in [0.25, 0.3) is 0 Å². The zero-order valence-electron chi connectivity index (χ0n) is 8.44. The van der Waals surface area contributed by atoms with Crippen molar-refractivity contribution in [3.8, 4) is 0 Å². The van der Waals surface area contributed by atoms with E-state index >= 15 is 0 Å². The molecule has 0 spiro atoms. The van der Waals surface area contributed by atoms with Gasteiger partial charge in [-0.05, 0) is 10.9 Å². The van der Waals surface area contributed by atoms with E-state index in [1.165, 1.54) is 22.6 Å². The van der Waals surface area contributed by atoms with Gasteiger partial charge in [-0.2, -0.15) is 35.9 Å². The maximum atomic E-state index is 2.35. The largest absolute Gasteiger partial charge is 0.213 e. The molecule has 0 aromatic heterocycles. The summed E-state index contributed by atoms with van der Waals surface area (Å²) in [6.07, 6.45) is 2.35. The smallest absolute Gasteiger partial charge is 0.109 e. The molecule has 0 nitrogen and oxygen atoms in total. The van der Waals surface area contributed by atoms with Crippen molar-refractivity contribution in [1.82, 2.24) is 0 Å². The summed E-state index contributed by atoms with van der Waals surface area (Å²) in [7, 11) is 0.471. The lowest BCUT2D eigenvalue weighted by atomic mass is 10.4. The SMILES string of the molecule is C[S+](Cc1cc[cH-]c1)Cc1ccc[cH-]1. The Bertz CT molecular complexity index is 306. The lowest BCUT2D eigenvalue weighted by Gasteiger charge is -2.07. The molecule has 0 saturated heterocycles. The molecule has 1 heteroatoms. The highest BCUT2D eigenvalue weighted by Gasteiger charge is 2.07. The molecule has 14 heavy (non-hydrogen) atoms. The predicted molar refractivity (Wildman–Crippen MR) is 64.8 cm³/mol. The van der Waals surface area contributed by atoms with Crippen LogP contribution in [-0.2, 0) is 22.4 Å². The molecule has 0 aliphatic carbocycles. The minimum atomic E-state index is 0.471. The second-order valence-corrected chi connectivity index (χ2v) is 5.80. The molecule has 74 valence electrons. The van der Waals surface area contributed by atoms with E-state index in [0.717, 1.165) is 0 Å². The topological polar surface area (TPSA) is 0 Å². The molecule has 2 rings (SSSR count). The van der Waals surface area contributed by atoms with E-state index in [0.29, 0.717) is 10.9 Å². The second kappa shape index (κ2) is 4.52. The fourth-order valence-corrected chi connectivity index (χ4v) is 3.27. The van der Waals surface area contributed by atoms with Gasteiger partial charge in [-0.3, -0.25) is 0 Å². The van der Waals surface area contributed by atoms with E-state index in [4.69, 9.17) is 0 Å². The van der Waals surface area contributed by atoms with Crippen molar-refractivity contribution < 1.29 is 0 Å². The van der Waals surface area contributed by atoms with Gasteiger partial charge in [-0.25, -0.2) is 18.2 Å². The van der Waals surface area contributed by atoms with Crippen molar-refractivity contribution in [1.29, 1.82) is 0 Å². The second-order valence-electron chi connectivity index (χ2n) is 3.66. The summed E-state index contributed by atoms with van der Waals surface area (Å²) >= 11 is 0. The summed E-state index contributed by atoms with van der Waals surface area (Å²) < 4.78 is 0. The molecular formula is C13H15S-. The summed E-state index contributed by atoms with van der Waals surface area (Å²) in [6.45, 7) is 0. The maximum Gasteiger partial charge on any atom is 0.109 e. The van der Waals surface area contributed by atoms with Crippen LogP contribution < -0.4 is 0 Å². The van der Waals surface area contributed by atoms with Gasteiger partial charge in [-0.15, -0.1) is 5.56 Å². The fraction of sp³-hybridized carbons (Fsp3) is 0.231. The normalized spacial score (nSPS) is 12.9. The lowest BCUT2D eigenvalue weighted by Crippen LogP contribution is -2.04. The molecule has 0 aliphatic rings. The third-order valence-electron chi connectivity index (χ3n) is 2.29. The number of rotatable bonds is 4. The van der Waals surface area contributed by atoms with Crippen molar-refractivity contribution in [2.75, 3.05) is 6.26 Å². The summed E-state index contributed by atoms with van der Waals surface area (Å²) in [5.74, 6) is 2.44. The Hall–Kier alpha value is -0.950. The molecule has 0 radical (unpaired) electrons. The van der Waals surface area contributed by atoms with Gasteiger partial charge in [-0.1, -0.05) is 0 Å². The molecule has 0 bridgehead atoms. The minimum absolute atomic E-state index is 0.471. The molecule has 0 atom stereocenters. The molecule has 0 unspecified atom stereocenters. The van der Waals surface area contributed by atoms with E-state index in [1.54, 1.807) is 0 Å². The highest BCUT2D eigenvalue weighted by atomic mass is 32.2. The van der Waals surface area contributed by atoms with Crippen LogP contribution in [0.3, 0.4) is 0 Å². The summed E-state index contributed by atoms with van der Waals surface area (Å²) in [5.41, 5.74) is 2.95. The van der Waals surface area contributed by atoms with Crippen molar-refractivity contribution >= 4 is 10.9 Å². The monoisotopic (exact) mass is 203 g/mol. The summed E-state index contributed by atoms with van der Waals surface area (Å²) in [6, 6.07) is 17.3. The van der Waals surface area contributed by atoms with Crippen LogP contribution in [0, 0.1) is 0 Å². The Morgan fingerprint density at radius 3 is 2.79 bits per heavy atom. The summed E-state index contributed by atoms with van der Waals surface area (Å²) in [4.78, 5) is 0. The average molecular weight is 203 g/mol. The van der Waals surface area contributed by atoms with E-state index in [-0.39, 0.29) is 0 Å². The van der Waals surface area contributed by atoms with E-state index in [2.05, 4.69) is 54.8 Å². The van der Waals surface area contributed by atoms with Crippen molar-refractivity contribution in [3.63, 3.8) is 0 Å². The van der Waals surface area contributed by atoms with Crippen LogP contribution in [0.15, 0.2) is 48.5 Å².